The normalized spacial score (nSPS) is 20.9. The number of hydrogen-bond acceptors (Lipinski definition) is 8. The number of fused-ring (bicyclic) bond motifs is 1. The standard InChI is InChI=1S/C26H38N8O/c1-18-22(25(33(4)31-18)34-13-15-35-16-14-34)17-27-19-9-11-20(12-10-19)28-26-29-23-8-6-5-7-21(23)24(30-26)32(2)3/h5-8,19-20,27H,9-17H2,1-4H3,(H,28,29,30)/t19-,20+. The maximum Gasteiger partial charge on any atom is 0.225 e. The summed E-state index contributed by atoms with van der Waals surface area (Å²) in [6, 6.07) is 9.12. The molecule has 5 rings (SSSR count). The van der Waals surface area contributed by atoms with Crippen LogP contribution in [0.4, 0.5) is 17.6 Å². The van der Waals surface area contributed by atoms with Crippen LogP contribution in [0, 0.1) is 6.92 Å². The maximum absolute atomic E-state index is 5.55. The second kappa shape index (κ2) is 10.4. The van der Waals surface area contributed by atoms with Crippen molar-refractivity contribution in [1.29, 1.82) is 0 Å². The number of anilines is 3. The molecule has 2 aliphatic rings. The minimum atomic E-state index is 0.397. The van der Waals surface area contributed by atoms with Crippen LogP contribution in [0.5, 0.6) is 0 Å². The molecular weight excluding hydrogens is 440 g/mol. The molecule has 1 saturated heterocycles. The zero-order valence-corrected chi connectivity index (χ0v) is 21.4. The van der Waals surface area contributed by atoms with Crippen molar-refractivity contribution in [2.75, 3.05) is 55.5 Å². The van der Waals surface area contributed by atoms with E-state index in [0.717, 1.165) is 86.9 Å². The molecule has 9 nitrogen and oxygen atoms in total. The van der Waals surface area contributed by atoms with Gasteiger partial charge in [0, 0.05) is 63.8 Å². The molecule has 188 valence electrons. The van der Waals surface area contributed by atoms with E-state index in [2.05, 4.69) is 46.5 Å². The van der Waals surface area contributed by atoms with Gasteiger partial charge in [-0.25, -0.2) is 4.98 Å². The topological polar surface area (TPSA) is 83.4 Å². The lowest BCUT2D eigenvalue weighted by Gasteiger charge is -2.31. The first-order valence-electron chi connectivity index (χ1n) is 12.8. The van der Waals surface area contributed by atoms with Gasteiger partial charge in [-0.2, -0.15) is 10.1 Å². The molecule has 2 aromatic heterocycles. The van der Waals surface area contributed by atoms with Crippen molar-refractivity contribution in [1.82, 2.24) is 25.1 Å². The third-order valence-electron chi connectivity index (χ3n) is 7.26. The summed E-state index contributed by atoms with van der Waals surface area (Å²) in [6.07, 6.45) is 4.48. The summed E-state index contributed by atoms with van der Waals surface area (Å²) in [7, 11) is 6.11. The zero-order valence-electron chi connectivity index (χ0n) is 21.4. The van der Waals surface area contributed by atoms with Crippen molar-refractivity contribution in [3.8, 4) is 0 Å². The molecule has 0 atom stereocenters. The van der Waals surface area contributed by atoms with Gasteiger partial charge >= 0.3 is 0 Å². The molecule has 0 amide bonds. The summed E-state index contributed by atoms with van der Waals surface area (Å²) in [5, 5.41) is 13.2. The Morgan fingerprint density at radius 2 is 1.74 bits per heavy atom. The van der Waals surface area contributed by atoms with Crippen LogP contribution < -0.4 is 20.4 Å². The second-order valence-electron chi connectivity index (χ2n) is 9.97. The first kappa shape index (κ1) is 23.8. The first-order valence-corrected chi connectivity index (χ1v) is 12.8. The molecule has 0 bridgehead atoms. The number of para-hydroxylation sites is 1. The highest BCUT2D eigenvalue weighted by atomic mass is 16.5. The molecule has 0 unspecified atom stereocenters. The lowest BCUT2D eigenvalue weighted by Crippen LogP contribution is -2.39. The number of rotatable bonds is 7. The summed E-state index contributed by atoms with van der Waals surface area (Å²) < 4.78 is 7.58. The van der Waals surface area contributed by atoms with E-state index in [4.69, 9.17) is 19.8 Å². The molecule has 1 saturated carbocycles. The summed E-state index contributed by atoms with van der Waals surface area (Å²) in [5.41, 5.74) is 3.41. The van der Waals surface area contributed by atoms with Gasteiger partial charge in [0.25, 0.3) is 0 Å². The summed E-state index contributed by atoms with van der Waals surface area (Å²) >= 11 is 0. The molecule has 0 radical (unpaired) electrons. The van der Waals surface area contributed by atoms with E-state index in [-0.39, 0.29) is 0 Å². The molecular formula is C26H38N8O. The highest BCUT2D eigenvalue weighted by molar-refractivity contribution is 5.90. The Morgan fingerprint density at radius 3 is 2.49 bits per heavy atom. The second-order valence-corrected chi connectivity index (χ2v) is 9.97. The SMILES string of the molecule is Cc1nn(C)c(N2CCOCC2)c1CN[C@H]1CC[C@@H](Nc2nc(N(C)C)c3ccccc3n2)CC1. The lowest BCUT2D eigenvalue weighted by molar-refractivity contribution is 0.122. The fraction of sp³-hybridized carbons (Fsp3) is 0.577. The van der Waals surface area contributed by atoms with Crippen LogP contribution in [0.25, 0.3) is 10.9 Å². The van der Waals surface area contributed by atoms with Gasteiger partial charge in [0.15, 0.2) is 0 Å². The molecule has 1 aromatic carbocycles. The van der Waals surface area contributed by atoms with Gasteiger partial charge in [-0.1, -0.05) is 12.1 Å². The average Bonchev–Trinajstić information content (AvgIpc) is 3.16. The van der Waals surface area contributed by atoms with Crippen LogP contribution in [-0.2, 0) is 18.3 Å². The highest BCUT2D eigenvalue weighted by Crippen LogP contribution is 2.28. The first-order chi connectivity index (χ1) is 17.0. The van der Waals surface area contributed by atoms with Crippen LogP contribution in [0.15, 0.2) is 24.3 Å². The van der Waals surface area contributed by atoms with Gasteiger partial charge < -0.3 is 25.2 Å². The number of nitrogens with zero attached hydrogens (tertiary/aromatic N) is 6. The van der Waals surface area contributed by atoms with E-state index in [0.29, 0.717) is 12.1 Å². The fourth-order valence-electron chi connectivity index (χ4n) is 5.40. The molecule has 2 N–H and O–H groups in total. The molecule has 3 aromatic rings. The minimum Gasteiger partial charge on any atom is -0.378 e. The minimum absolute atomic E-state index is 0.397. The number of aromatic nitrogens is 4. The number of benzene rings is 1. The van der Waals surface area contributed by atoms with Crippen LogP contribution in [0.2, 0.25) is 0 Å². The smallest absolute Gasteiger partial charge is 0.225 e. The van der Waals surface area contributed by atoms with Gasteiger partial charge in [0.05, 0.1) is 24.4 Å². The number of ether oxygens (including phenoxy) is 1. The number of morpholine rings is 1. The quantitative estimate of drug-likeness (QED) is 0.536. The van der Waals surface area contributed by atoms with Crippen molar-refractivity contribution < 1.29 is 4.74 Å². The summed E-state index contributed by atoms with van der Waals surface area (Å²) in [6.45, 7) is 6.39. The Morgan fingerprint density at radius 1 is 1.03 bits per heavy atom. The molecule has 2 fully saturated rings. The van der Waals surface area contributed by atoms with Gasteiger partial charge in [0.1, 0.15) is 11.6 Å². The van der Waals surface area contributed by atoms with Crippen molar-refractivity contribution in [3.63, 3.8) is 0 Å². The van der Waals surface area contributed by atoms with Crippen molar-refractivity contribution in [2.45, 2.75) is 51.2 Å². The predicted octanol–water partition coefficient (Wildman–Crippen LogP) is 3.09. The molecule has 1 aliphatic heterocycles. The number of hydrogen-bond donors (Lipinski definition) is 2. The van der Waals surface area contributed by atoms with E-state index >= 15 is 0 Å². The third kappa shape index (κ3) is 5.21. The van der Waals surface area contributed by atoms with E-state index in [1.54, 1.807) is 0 Å². The van der Waals surface area contributed by atoms with Gasteiger partial charge in [0.2, 0.25) is 5.95 Å². The molecule has 1 aliphatic carbocycles. The van der Waals surface area contributed by atoms with E-state index in [9.17, 15) is 0 Å². The largest absolute Gasteiger partial charge is 0.378 e. The van der Waals surface area contributed by atoms with Gasteiger partial charge in [-0.05, 0) is 44.7 Å². The predicted molar refractivity (Wildman–Crippen MR) is 141 cm³/mol. The Kier molecular flexibility index (Phi) is 7.06. The molecule has 35 heavy (non-hydrogen) atoms. The Balaban J connectivity index is 1.19. The summed E-state index contributed by atoms with van der Waals surface area (Å²) in [5.74, 6) is 2.92. The van der Waals surface area contributed by atoms with E-state index in [1.165, 1.54) is 11.4 Å². The van der Waals surface area contributed by atoms with Crippen LogP contribution >= 0.6 is 0 Å². The molecule has 9 heteroatoms. The Labute approximate surface area is 207 Å². The van der Waals surface area contributed by atoms with Crippen molar-refractivity contribution >= 4 is 28.5 Å². The number of nitrogens with one attached hydrogen (secondary N) is 2. The highest BCUT2D eigenvalue weighted by Gasteiger charge is 2.25. The zero-order chi connectivity index (χ0) is 24.4. The van der Waals surface area contributed by atoms with Crippen LogP contribution in [0.1, 0.15) is 36.9 Å². The van der Waals surface area contributed by atoms with Crippen LogP contribution in [-0.4, -0.2) is 72.2 Å². The van der Waals surface area contributed by atoms with E-state index < -0.39 is 0 Å². The third-order valence-corrected chi connectivity index (χ3v) is 7.26. The average molecular weight is 479 g/mol. The monoisotopic (exact) mass is 478 g/mol. The molecule has 3 heterocycles. The van der Waals surface area contributed by atoms with Crippen LogP contribution in [0.3, 0.4) is 0 Å². The van der Waals surface area contributed by atoms with Crippen molar-refractivity contribution in [2.24, 2.45) is 7.05 Å². The lowest BCUT2D eigenvalue weighted by atomic mass is 9.91. The number of aryl methyl sites for hydroxylation is 2. The molecule has 0 spiro atoms. The van der Waals surface area contributed by atoms with E-state index in [1.807, 2.05) is 30.9 Å². The van der Waals surface area contributed by atoms with Gasteiger partial charge in [-0.15, -0.1) is 0 Å². The Bertz CT molecular complexity index is 1150. The maximum atomic E-state index is 5.55. The van der Waals surface area contributed by atoms with Gasteiger partial charge in [-0.3, -0.25) is 4.68 Å². The van der Waals surface area contributed by atoms with Crippen molar-refractivity contribution in [3.05, 3.63) is 35.5 Å². The summed E-state index contributed by atoms with van der Waals surface area (Å²) in [4.78, 5) is 14.1. The Hall–Kier alpha value is -2.91. The fourth-order valence-corrected chi connectivity index (χ4v) is 5.40.